The summed E-state index contributed by atoms with van der Waals surface area (Å²) in [5.74, 6) is -0.540. The minimum absolute atomic E-state index is 0.134. The van der Waals surface area contributed by atoms with Gasteiger partial charge < -0.3 is 29.9 Å². The highest BCUT2D eigenvalue weighted by Crippen LogP contribution is 2.36. The first-order valence-corrected chi connectivity index (χ1v) is 13.5. The number of carbonyl (C=O) groups is 2. The maximum atomic E-state index is 13.7. The number of pyridine rings is 1. The Morgan fingerprint density at radius 2 is 1.90 bits per heavy atom. The first kappa shape index (κ1) is 28.7. The molecule has 2 aliphatic rings. The highest BCUT2D eigenvalue weighted by atomic mass is 79.9. The average molecular weight is 605 g/mol. The molecule has 2 fully saturated rings. The molecule has 39 heavy (non-hydrogen) atoms. The predicted molar refractivity (Wildman–Crippen MR) is 149 cm³/mol. The molecule has 13 heteroatoms. The van der Waals surface area contributed by atoms with Gasteiger partial charge in [-0.1, -0.05) is 15.9 Å². The van der Waals surface area contributed by atoms with Crippen LogP contribution in [0.25, 0.3) is 0 Å². The molecule has 0 saturated carbocycles. The number of aromatic nitrogens is 1. The van der Waals surface area contributed by atoms with E-state index < -0.39 is 4.92 Å². The fourth-order valence-electron chi connectivity index (χ4n) is 5.25. The third kappa shape index (κ3) is 6.48. The number of benzene rings is 1. The van der Waals surface area contributed by atoms with Crippen LogP contribution in [0.5, 0.6) is 0 Å². The fraction of sp³-hybridized carbons (Fsp3) is 0.500. The monoisotopic (exact) mass is 604 g/mol. The number of likely N-dealkylation sites (tertiary alicyclic amines) is 1. The quantitative estimate of drug-likeness (QED) is 0.343. The molecule has 1 aromatic heterocycles. The van der Waals surface area contributed by atoms with E-state index in [-0.39, 0.29) is 59.6 Å². The van der Waals surface area contributed by atoms with Gasteiger partial charge in [0.2, 0.25) is 0 Å². The molecule has 4 rings (SSSR count). The van der Waals surface area contributed by atoms with Crippen molar-refractivity contribution < 1.29 is 24.0 Å². The highest BCUT2D eigenvalue weighted by molar-refractivity contribution is 9.10. The second-order valence-electron chi connectivity index (χ2n) is 9.93. The largest absolute Gasteiger partial charge is 0.387 e. The summed E-state index contributed by atoms with van der Waals surface area (Å²) in [5.41, 5.74) is 1.23. The molecule has 210 valence electrons. The van der Waals surface area contributed by atoms with Crippen molar-refractivity contribution in [3.8, 4) is 0 Å². The van der Waals surface area contributed by atoms with E-state index >= 15 is 0 Å². The number of nitro benzene ring substituents is 1. The molecule has 2 amide bonds. The molecule has 0 radical (unpaired) electrons. The lowest BCUT2D eigenvalue weighted by Gasteiger charge is -2.35. The average Bonchev–Trinajstić information content (AvgIpc) is 3.30. The van der Waals surface area contributed by atoms with Gasteiger partial charge in [0.25, 0.3) is 17.5 Å². The van der Waals surface area contributed by atoms with E-state index in [4.69, 9.17) is 9.47 Å². The minimum Gasteiger partial charge on any atom is -0.387 e. The number of rotatable bonds is 8. The van der Waals surface area contributed by atoms with Crippen molar-refractivity contribution in [1.29, 1.82) is 0 Å². The van der Waals surface area contributed by atoms with Gasteiger partial charge in [0.05, 0.1) is 46.6 Å². The van der Waals surface area contributed by atoms with E-state index in [9.17, 15) is 19.7 Å². The Labute approximate surface area is 235 Å². The number of nitrogens with zero attached hydrogens (tertiary/aromatic N) is 4. The predicted octanol–water partition coefficient (Wildman–Crippen LogP) is 3.39. The van der Waals surface area contributed by atoms with E-state index in [1.54, 1.807) is 42.3 Å². The number of anilines is 2. The molecule has 0 aliphatic carbocycles. The topological polar surface area (TPSA) is 139 Å². The molecule has 3 heterocycles. The van der Waals surface area contributed by atoms with Gasteiger partial charge in [0.1, 0.15) is 5.69 Å². The fourth-order valence-corrected chi connectivity index (χ4v) is 5.70. The van der Waals surface area contributed by atoms with Crippen LogP contribution in [0.1, 0.15) is 41.0 Å². The lowest BCUT2D eigenvalue weighted by Crippen LogP contribution is -2.48. The van der Waals surface area contributed by atoms with E-state index in [2.05, 4.69) is 31.5 Å². The summed E-state index contributed by atoms with van der Waals surface area (Å²) in [4.78, 5) is 46.2. The Hall–Kier alpha value is -3.29. The number of amides is 2. The normalized spacial score (nSPS) is 23.0. The summed E-state index contributed by atoms with van der Waals surface area (Å²) in [7, 11) is 3.31. The van der Waals surface area contributed by atoms with Crippen LogP contribution in [0.3, 0.4) is 0 Å². The van der Waals surface area contributed by atoms with E-state index in [1.165, 1.54) is 12.3 Å². The summed E-state index contributed by atoms with van der Waals surface area (Å²) in [6.45, 7) is 5.10. The molecular weight excluding hydrogens is 572 g/mol. The number of nitrogens with one attached hydrogen (secondary N) is 2. The summed E-state index contributed by atoms with van der Waals surface area (Å²) >= 11 is 3.33. The third-order valence-electron chi connectivity index (χ3n) is 6.87. The van der Waals surface area contributed by atoms with Gasteiger partial charge in [0.15, 0.2) is 0 Å². The molecule has 12 nitrogen and oxygen atoms in total. The minimum atomic E-state index is -0.506. The van der Waals surface area contributed by atoms with Gasteiger partial charge in [-0.25, -0.2) is 0 Å². The summed E-state index contributed by atoms with van der Waals surface area (Å²) in [5, 5.41) is 18.3. The molecule has 2 saturated heterocycles. The maximum absolute atomic E-state index is 13.7. The number of hydrogen-bond acceptors (Lipinski definition) is 9. The number of halogens is 1. The van der Waals surface area contributed by atoms with Crippen molar-refractivity contribution in [2.75, 3.05) is 51.0 Å². The molecular formula is C26H33BrN6O6. The van der Waals surface area contributed by atoms with Crippen molar-refractivity contribution in [2.24, 2.45) is 0 Å². The zero-order valence-electron chi connectivity index (χ0n) is 22.3. The number of ether oxygens (including phenoxy) is 2. The third-order valence-corrected chi connectivity index (χ3v) is 7.33. The van der Waals surface area contributed by atoms with Gasteiger partial charge in [-0.3, -0.25) is 24.7 Å². The smallest absolute Gasteiger partial charge is 0.294 e. The number of hydrogen-bond donors (Lipinski definition) is 2. The van der Waals surface area contributed by atoms with Crippen molar-refractivity contribution in [3.63, 3.8) is 0 Å². The van der Waals surface area contributed by atoms with Gasteiger partial charge >= 0.3 is 0 Å². The van der Waals surface area contributed by atoms with Gasteiger partial charge in [-0.15, -0.1) is 0 Å². The number of morpholine rings is 1. The van der Waals surface area contributed by atoms with Crippen molar-refractivity contribution in [3.05, 3.63) is 56.3 Å². The second-order valence-corrected chi connectivity index (χ2v) is 10.8. The lowest BCUT2D eigenvalue weighted by atomic mass is 10.1. The lowest BCUT2D eigenvalue weighted by molar-refractivity contribution is -0.384. The van der Waals surface area contributed by atoms with Crippen molar-refractivity contribution in [1.82, 2.24) is 14.8 Å². The molecule has 0 spiro atoms. The van der Waals surface area contributed by atoms with Crippen LogP contribution < -0.4 is 10.6 Å². The Kier molecular flexibility index (Phi) is 9.03. The van der Waals surface area contributed by atoms with Crippen LogP contribution in [0.4, 0.5) is 17.1 Å². The Morgan fingerprint density at radius 3 is 2.54 bits per heavy atom. The van der Waals surface area contributed by atoms with E-state index in [1.807, 2.05) is 13.8 Å². The van der Waals surface area contributed by atoms with E-state index in [0.29, 0.717) is 41.8 Å². The second kappa shape index (κ2) is 12.3. The van der Waals surface area contributed by atoms with Gasteiger partial charge in [0, 0.05) is 62.8 Å². The van der Waals surface area contributed by atoms with Gasteiger partial charge in [-0.05, 0) is 32.4 Å². The highest BCUT2D eigenvalue weighted by Gasteiger charge is 2.38. The summed E-state index contributed by atoms with van der Waals surface area (Å²) in [6, 6.07) is 4.07. The van der Waals surface area contributed by atoms with Crippen molar-refractivity contribution >= 4 is 44.8 Å². The maximum Gasteiger partial charge on any atom is 0.294 e. The first-order chi connectivity index (χ1) is 18.6. The summed E-state index contributed by atoms with van der Waals surface area (Å²) in [6.07, 6.45) is 3.30. The SMILES string of the molecule is CNc1cncc(C(=O)N2C[C@H](Nc3c(C(=O)N4C[C@@H](C)O[C@@H](C)C4)cc(Br)cc3[N+](=O)[O-])C[C@H]2COC)c1. The number of nitro groups is 1. The van der Waals surface area contributed by atoms with Crippen LogP contribution >= 0.6 is 15.9 Å². The Morgan fingerprint density at radius 1 is 1.18 bits per heavy atom. The Bertz CT molecular complexity index is 1240. The standard InChI is InChI=1S/C26H33BrN6O6/c1-15-11-31(12-16(2)39-15)26(35)22-6-18(27)7-23(33(36)37)24(22)30-20-8-21(14-38-4)32(13-20)25(34)17-5-19(28-3)10-29-9-17/h5-7,9-10,15-16,20-21,28,30H,8,11-14H2,1-4H3/t15-,16+,20-,21+/m1/s1. The molecule has 2 aliphatic heterocycles. The number of carbonyl (C=O) groups excluding carboxylic acids is 2. The molecule has 0 unspecified atom stereocenters. The molecule has 2 aromatic rings. The summed E-state index contributed by atoms with van der Waals surface area (Å²) < 4.78 is 11.6. The van der Waals surface area contributed by atoms with Crippen LogP contribution in [-0.2, 0) is 9.47 Å². The van der Waals surface area contributed by atoms with E-state index in [0.717, 1.165) is 0 Å². The van der Waals surface area contributed by atoms with Crippen LogP contribution in [0, 0.1) is 10.1 Å². The van der Waals surface area contributed by atoms with Gasteiger partial charge in [-0.2, -0.15) is 0 Å². The van der Waals surface area contributed by atoms with Crippen LogP contribution in [0.2, 0.25) is 0 Å². The molecule has 1 aromatic carbocycles. The van der Waals surface area contributed by atoms with Crippen LogP contribution in [-0.4, -0.2) is 96.2 Å². The number of methoxy groups -OCH3 is 1. The van der Waals surface area contributed by atoms with Crippen LogP contribution in [0.15, 0.2) is 35.1 Å². The molecule has 2 N–H and O–H groups in total. The molecule has 4 atom stereocenters. The Balaban J connectivity index is 1.64. The first-order valence-electron chi connectivity index (χ1n) is 12.7. The zero-order chi connectivity index (χ0) is 28.3. The van der Waals surface area contributed by atoms with Crippen molar-refractivity contribution in [2.45, 2.75) is 44.6 Å². The zero-order valence-corrected chi connectivity index (χ0v) is 23.9. The molecule has 0 bridgehead atoms.